The Labute approximate surface area is 133 Å². The largest absolute Gasteiger partial charge is 0.456 e. The minimum absolute atomic E-state index is 0.277. The van der Waals surface area contributed by atoms with Gasteiger partial charge < -0.3 is 9.30 Å². The molecular weight excluding hydrogens is 294 g/mol. The van der Waals surface area contributed by atoms with Crippen LogP contribution in [-0.2, 0) is 11.3 Å². The van der Waals surface area contributed by atoms with Crippen molar-refractivity contribution in [1.82, 2.24) is 24.7 Å². The van der Waals surface area contributed by atoms with Crippen LogP contribution in [0.15, 0.2) is 43.0 Å². The molecule has 0 aliphatic rings. The predicted octanol–water partition coefficient (Wildman–Crippen LogP) is 2.22. The average molecular weight is 311 g/mol. The number of aryl methyl sites for hydroxylation is 1. The van der Waals surface area contributed by atoms with E-state index in [2.05, 4.69) is 20.2 Å². The molecule has 0 spiro atoms. The third kappa shape index (κ3) is 3.45. The van der Waals surface area contributed by atoms with E-state index in [9.17, 15) is 4.79 Å². The third-order valence-electron chi connectivity index (χ3n) is 3.44. The molecule has 1 unspecified atom stereocenters. The van der Waals surface area contributed by atoms with E-state index in [0.29, 0.717) is 17.9 Å². The van der Waals surface area contributed by atoms with Crippen molar-refractivity contribution in [2.24, 2.45) is 0 Å². The van der Waals surface area contributed by atoms with Gasteiger partial charge in [0, 0.05) is 30.4 Å². The number of carbonyl (C=O) groups is 1. The van der Waals surface area contributed by atoms with Crippen molar-refractivity contribution in [2.75, 3.05) is 0 Å². The fourth-order valence-electron chi connectivity index (χ4n) is 2.25. The van der Waals surface area contributed by atoms with E-state index < -0.39 is 5.97 Å². The zero-order chi connectivity index (χ0) is 16.2. The van der Waals surface area contributed by atoms with Crippen LogP contribution < -0.4 is 0 Å². The second kappa shape index (κ2) is 6.43. The predicted molar refractivity (Wildman–Crippen MR) is 83.7 cm³/mol. The Morgan fingerprint density at radius 1 is 1.43 bits per heavy atom. The van der Waals surface area contributed by atoms with Crippen LogP contribution in [0.25, 0.3) is 11.3 Å². The zero-order valence-electron chi connectivity index (χ0n) is 12.9. The zero-order valence-corrected chi connectivity index (χ0v) is 12.9. The van der Waals surface area contributed by atoms with Gasteiger partial charge in [0.2, 0.25) is 0 Å². The van der Waals surface area contributed by atoms with Gasteiger partial charge in [0.05, 0.1) is 12.2 Å². The molecule has 0 bridgehead atoms. The van der Waals surface area contributed by atoms with Gasteiger partial charge in [-0.3, -0.25) is 10.1 Å². The van der Waals surface area contributed by atoms with E-state index >= 15 is 0 Å². The SMILES string of the molecule is Cc1nccn1CC(C)OC(=O)c1cc(-c2cccnc2)n[nH]1. The molecule has 1 atom stereocenters. The monoisotopic (exact) mass is 311 g/mol. The fourth-order valence-corrected chi connectivity index (χ4v) is 2.25. The lowest BCUT2D eigenvalue weighted by Gasteiger charge is -2.14. The maximum absolute atomic E-state index is 12.2. The quantitative estimate of drug-likeness (QED) is 0.730. The Kier molecular flexibility index (Phi) is 4.18. The van der Waals surface area contributed by atoms with Crippen LogP contribution in [0.3, 0.4) is 0 Å². The van der Waals surface area contributed by atoms with Gasteiger partial charge in [0.25, 0.3) is 0 Å². The van der Waals surface area contributed by atoms with Gasteiger partial charge in [-0.1, -0.05) is 0 Å². The minimum atomic E-state index is -0.432. The fraction of sp³-hybridized carbons (Fsp3) is 0.250. The van der Waals surface area contributed by atoms with Crippen molar-refractivity contribution in [3.05, 3.63) is 54.5 Å². The molecule has 0 fully saturated rings. The van der Waals surface area contributed by atoms with Crippen LogP contribution in [0.1, 0.15) is 23.2 Å². The number of esters is 1. The lowest BCUT2D eigenvalue weighted by atomic mass is 10.2. The Balaban J connectivity index is 1.64. The number of H-pyrrole nitrogens is 1. The lowest BCUT2D eigenvalue weighted by molar-refractivity contribution is 0.0298. The molecule has 0 aliphatic heterocycles. The minimum Gasteiger partial charge on any atom is -0.456 e. The summed E-state index contributed by atoms with van der Waals surface area (Å²) in [6.07, 6.45) is 6.68. The second-order valence-electron chi connectivity index (χ2n) is 5.25. The summed E-state index contributed by atoms with van der Waals surface area (Å²) < 4.78 is 7.38. The van der Waals surface area contributed by atoms with Crippen LogP contribution in [0.5, 0.6) is 0 Å². The Bertz CT molecular complexity index is 794. The van der Waals surface area contributed by atoms with Gasteiger partial charge in [-0.15, -0.1) is 0 Å². The molecule has 7 heteroatoms. The van der Waals surface area contributed by atoms with Gasteiger partial charge in [0.1, 0.15) is 17.6 Å². The summed E-state index contributed by atoms with van der Waals surface area (Å²) in [6.45, 7) is 4.31. The summed E-state index contributed by atoms with van der Waals surface area (Å²) >= 11 is 0. The molecule has 7 nitrogen and oxygen atoms in total. The molecule has 3 aromatic rings. The van der Waals surface area contributed by atoms with Crippen LogP contribution in [0, 0.1) is 6.92 Å². The van der Waals surface area contributed by atoms with Gasteiger partial charge in [-0.25, -0.2) is 9.78 Å². The number of hydrogen-bond donors (Lipinski definition) is 1. The van der Waals surface area contributed by atoms with Crippen LogP contribution >= 0.6 is 0 Å². The summed E-state index contributed by atoms with van der Waals surface area (Å²) in [5, 5.41) is 6.83. The number of aromatic amines is 1. The first kappa shape index (κ1) is 15.0. The molecule has 118 valence electrons. The Hall–Kier alpha value is -2.96. The number of ether oxygens (including phenoxy) is 1. The highest BCUT2D eigenvalue weighted by molar-refractivity contribution is 5.88. The lowest BCUT2D eigenvalue weighted by Crippen LogP contribution is -2.21. The smallest absolute Gasteiger partial charge is 0.356 e. The highest BCUT2D eigenvalue weighted by atomic mass is 16.5. The number of carbonyl (C=O) groups excluding carboxylic acids is 1. The summed E-state index contributed by atoms with van der Waals surface area (Å²) in [5.74, 6) is 0.450. The standard InChI is InChI=1S/C16H17N5O2/c1-11(10-21-7-6-18-12(21)2)23-16(22)15-8-14(19-20-15)13-4-3-5-17-9-13/h3-9,11H,10H2,1-2H3,(H,19,20). The van der Waals surface area contributed by atoms with Gasteiger partial charge in [-0.05, 0) is 32.0 Å². The summed E-state index contributed by atoms with van der Waals surface area (Å²) in [6, 6.07) is 5.36. The molecule has 0 aliphatic carbocycles. The average Bonchev–Trinajstić information content (AvgIpc) is 3.18. The van der Waals surface area contributed by atoms with E-state index in [1.807, 2.05) is 36.7 Å². The molecule has 3 rings (SSSR count). The number of hydrogen-bond acceptors (Lipinski definition) is 5. The van der Waals surface area contributed by atoms with Crippen LogP contribution in [-0.4, -0.2) is 36.8 Å². The molecular formula is C16H17N5O2. The first-order chi connectivity index (χ1) is 11.1. The van der Waals surface area contributed by atoms with E-state index in [1.165, 1.54) is 0 Å². The molecule has 23 heavy (non-hydrogen) atoms. The number of aromatic nitrogens is 5. The molecule has 3 aromatic heterocycles. The number of pyridine rings is 1. The normalized spacial score (nSPS) is 12.1. The van der Waals surface area contributed by atoms with Crippen molar-refractivity contribution < 1.29 is 9.53 Å². The summed E-state index contributed by atoms with van der Waals surface area (Å²) in [5.41, 5.74) is 1.81. The van der Waals surface area contributed by atoms with E-state index in [4.69, 9.17) is 4.74 Å². The van der Waals surface area contributed by atoms with E-state index in [-0.39, 0.29) is 6.10 Å². The number of nitrogens with one attached hydrogen (secondary N) is 1. The molecule has 0 amide bonds. The molecule has 1 N–H and O–H groups in total. The van der Waals surface area contributed by atoms with Crippen molar-refractivity contribution in [2.45, 2.75) is 26.5 Å². The maximum Gasteiger partial charge on any atom is 0.356 e. The maximum atomic E-state index is 12.2. The van der Waals surface area contributed by atoms with Gasteiger partial charge in [-0.2, -0.15) is 5.10 Å². The molecule has 3 heterocycles. The molecule has 0 aromatic carbocycles. The van der Waals surface area contributed by atoms with Crippen LogP contribution in [0.4, 0.5) is 0 Å². The van der Waals surface area contributed by atoms with Crippen molar-refractivity contribution >= 4 is 5.97 Å². The van der Waals surface area contributed by atoms with Crippen molar-refractivity contribution in [3.8, 4) is 11.3 Å². The molecule has 0 saturated carbocycles. The van der Waals surface area contributed by atoms with E-state index in [1.54, 1.807) is 24.7 Å². The van der Waals surface area contributed by atoms with Crippen LogP contribution in [0.2, 0.25) is 0 Å². The Morgan fingerprint density at radius 2 is 2.30 bits per heavy atom. The van der Waals surface area contributed by atoms with E-state index in [0.717, 1.165) is 11.4 Å². The van der Waals surface area contributed by atoms with Crippen molar-refractivity contribution in [1.29, 1.82) is 0 Å². The Morgan fingerprint density at radius 3 is 3.00 bits per heavy atom. The topological polar surface area (TPSA) is 85.7 Å². The van der Waals surface area contributed by atoms with Crippen molar-refractivity contribution in [3.63, 3.8) is 0 Å². The number of rotatable bonds is 5. The van der Waals surface area contributed by atoms with Gasteiger partial charge >= 0.3 is 5.97 Å². The second-order valence-corrected chi connectivity index (χ2v) is 5.25. The first-order valence-electron chi connectivity index (χ1n) is 7.28. The first-order valence-corrected chi connectivity index (χ1v) is 7.28. The number of imidazole rings is 1. The number of nitrogens with zero attached hydrogens (tertiary/aromatic N) is 4. The highest BCUT2D eigenvalue weighted by Crippen LogP contribution is 2.16. The molecule has 0 radical (unpaired) electrons. The molecule has 0 saturated heterocycles. The summed E-state index contributed by atoms with van der Waals surface area (Å²) in [7, 11) is 0. The highest BCUT2D eigenvalue weighted by Gasteiger charge is 2.16. The van der Waals surface area contributed by atoms with Gasteiger partial charge in [0.15, 0.2) is 0 Å². The summed E-state index contributed by atoms with van der Waals surface area (Å²) in [4.78, 5) is 20.4. The third-order valence-corrected chi connectivity index (χ3v) is 3.44.